The number of nitrogens with zero attached hydrogens (tertiary/aromatic N) is 4. The van der Waals surface area contributed by atoms with E-state index in [0.29, 0.717) is 22.3 Å². The lowest BCUT2D eigenvalue weighted by Gasteiger charge is -2.45. The van der Waals surface area contributed by atoms with Gasteiger partial charge in [0.05, 0.1) is 25.0 Å². The summed E-state index contributed by atoms with van der Waals surface area (Å²) < 4.78 is 8.98. The number of pyridine rings is 1. The molecule has 170 valence electrons. The second kappa shape index (κ2) is 8.99. The fraction of sp³-hybridized carbons (Fsp3) is 0.619. The summed E-state index contributed by atoms with van der Waals surface area (Å²) in [5, 5.41) is 9.77. The summed E-state index contributed by atoms with van der Waals surface area (Å²) in [6, 6.07) is 3.16. The summed E-state index contributed by atoms with van der Waals surface area (Å²) >= 11 is 3.35. The molecule has 0 spiro atoms. The number of piperidine rings is 1. The second-order valence-electron chi connectivity index (χ2n) is 9.69. The van der Waals surface area contributed by atoms with Crippen molar-refractivity contribution in [1.29, 1.82) is 0 Å². The van der Waals surface area contributed by atoms with Crippen LogP contribution in [0.1, 0.15) is 40.0 Å². The van der Waals surface area contributed by atoms with E-state index in [1.165, 1.54) is 4.90 Å². The lowest BCUT2D eigenvalue weighted by Crippen LogP contribution is -2.56. The molecule has 1 saturated heterocycles. The van der Waals surface area contributed by atoms with Gasteiger partial charge in [-0.2, -0.15) is 0 Å². The minimum atomic E-state index is -2.12. The van der Waals surface area contributed by atoms with Crippen molar-refractivity contribution in [2.45, 2.75) is 76.9 Å². The number of hydrogen-bond donors (Lipinski definition) is 1. The Morgan fingerprint density at radius 3 is 2.68 bits per heavy atom. The topological polar surface area (TPSA) is 97.6 Å². The largest absolute Gasteiger partial charge is 0.465 e. The molecular weight excluding hydrogens is 480 g/mol. The Labute approximate surface area is 192 Å². The van der Waals surface area contributed by atoms with Crippen molar-refractivity contribution in [3.63, 3.8) is 0 Å². The number of carbonyl (C=O) groups excluding carboxylic acids is 1. The van der Waals surface area contributed by atoms with Gasteiger partial charge in [-0.3, -0.25) is 4.79 Å². The quantitative estimate of drug-likeness (QED) is 0.447. The van der Waals surface area contributed by atoms with Crippen molar-refractivity contribution in [2.24, 2.45) is 0 Å². The highest BCUT2D eigenvalue weighted by atomic mass is 79.9. The van der Waals surface area contributed by atoms with Gasteiger partial charge in [0.2, 0.25) is 0 Å². The van der Waals surface area contributed by atoms with E-state index in [2.05, 4.69) is 59.8 Å². The van der Waals surface area contributed by atoms with Gasteiger partial charge in [-0.05, 0) is 59.0 Å². The van der Waals surface area contributed by atoms with Crippen LogP contribution < -0.4 is 0 Å². The maximum atomic E-state index is 13.0. The van der Waals surface area contributed by atoms with Gasteiger partial charge in [0.1, 0.15) is 10.1 Å². The fourth-order valence-electron chi connectivity index (χ4n) is 3.71. The molecule has 8 nitrogen and oxygen atoms in total. The van der Waals surface area contributed by atoms with Crippen LogP contribution in [0.15, 0.2) is 23.1 Å². The third kappa shape index (κ3) is 5.35. The number of rotatable bonds is 6. The molecule has 3 rings (SSSR count). The number of hydrogen-bond acceptors (Lipinski definition) is 5. The van der Waals surface area contributed by atoms with E-state index < -0.39 is 20.5 Å². The van der Waals surface area contributed by atoms with E-state index in [1.807, 2.05) is 6.07 Å². The lowest BCUT2D eigenvalue weighted by molar-refractivity contribution is -0.122. The predicted octanol–water partition coefficient (Wildman–Crippen LogP) is 4.69. The molecule has 2 atom stereocenters. The van der Waals surface area contributed by atoms with Gasteiger partial charge in [0.15, 0.2) is 19.7 Å². The van der Waals surface area contributed by atoms with Gasteiger partial charge in [-0.1, -0.05) is 20.8 Å². The van der Waals surface area contributed by atoms with Crippen LogP contribution >= 0.6 is 15.9 Å². The van der Waals surface area contributed by atoms with Crippen LogP contribution in [0, 0.1) is 0 Å². The molecule has 2 aromatic rings. The number of Topliss-reactive ketones (excluding diaryl/α,β-unsaturated/α-hetero) is 1. The molecule has 1 N–H and O–H groups in total. The van der Waals surface area contributed by atoms with E-state index in [1.54, 1.807) is 17.0 Å². The summed E-state index contributed by atoms with van der Waals surface area (Å²) in [6.07, 6.45) is 1.93. The maximum absolute atomic E-state index is 13.0. The third-order valence-corrected chi connectivity index (χ3v) is 11.4. The zero-order valence-electron chi connectivity index (χ0n) is 18.8. The van der Waals surface area contributed by atoms with Gasteiger partial charge in [0, 0.05) is 13.0 Å². The highest BCUT2D eigenvalue weighted by Crippen LogP contribution is 2.39. The minimum absolute atomic E-state index is 0.00183. The second-order valence-corrected chi connectivity index (χ2v) is 15.3. The van der Waals surface area contributed by atoms with E-state index in [0.717, 1.165) is 12.8 Å². The number of amides is 1. The molecule has 0 aromatic carbocycles. The Morgan fingerprint density at radius 1 is 1.32 bits per heavy atom. The summed E-state index contributed by atoms with van der Waals surface area (Å²) in [5.41, 5.74) is 1.33. The van der Waals surface area contributed by atoms with Crippen LogP contribution in [0.4, 0.5) is 4.79 Å². The molecule has 10 heteroatoms. The molecule has 1 aliphatic rings. The average molecular weight is 511 g/mol. The van der Waals surface area contributed by atoms with Crippen LogP contribution in [0.25, 0.3) is 11.2 Å². The van der Waals surface area contributed by atoms with E-state index >= 15 is 0 Å². The minimum Gasteiger partial charge on any atom is -0.465 e. The normalized spacial score (nSPS) is 20.3. The first-order valence-corrected chi connectivity index (χ1v) is 14.3. The SMILES string of the molecule is CC(C)(C)[Si](C)(C)O[C@H]1CCCN(C(=O)O)[C@@H]1CC(=O)Cn1cnc2ccc(Br)nc21. The molecule has 0 radical (unpaired) electrons. The first kappa shape index (κ1) is 23.9. The zero-order valence-corrected chi connectivity index (χ0v) is 21.3. The van der Waals surface area contributed by atoms with Crippen molar-refractivity contribution in [3.8, 4) is 0 Å². The predicted molar refractivity (Wildman–Crippen MR) is 125 cm³/mol. The molecule has 3 heterocycles. The average Bonchev–Trinajstić information content (AvgIpc) is 3.03. The van der Waals surface area contributed by atoms with Gasteiger partial charge >= 0.3 is 6.09 Å². The number of ketones is 1. The monoisotopic (exact) mass is 510 g/mol. The summed E-state index contributed by atoms with van der Waals surface area (Å²) in [7, 11) is -2.12. The lowest BCUT2D eigenvalue weighted by atomic mass is 9.95. The zero-order chi connectivity index (χ0) is 23.0. The molecule has 31 heavy (non-hydrogen) atoms. The standard InChI is InChI=1S/C21H31BrN4O4Si/c1-21(2,3)31(4,5)30-17-7-6-10-26(20(28)29)16(17)11-14(27)12-25-13-23-15-8-9-18(22)24-19(15)25/h8-9,13,16-17H,6-7,10-12H2,1-5H3,(H,28,29)/t16-,17+/m1/s1. The van der Waals surface area contributed by atoms with Crippen LogP contribution in [0.3, 0.4) is 0 Å². The van der Waals surface area contributed by atoms with Gasteiger partial charge in [-0.15, -0.1) is 0 Å². The van der Waals surface area contributed by atoms with E-state index in [4.69, 9.17) is 4.43 Å². The Balaban J connectivity index is 1.80. The number of carboxylic acid groups (broad SMARTS) is 1. The first-order valence-electron chi connectivity index (χ1n) is 10.6. The van der Waals surface area contributed by atoms with Crippen LogP contribution in [0.2, 0.25) is 18.1 Å². The molecule has 0 aliphatic carbocycles. The van der Waals surface area contributed by atoms with Crippen molar-refractivity contribution < 1.29 is 19.1 Å². The van der Waals surface area contributed by atoms with Crippen molar-refractivity contribution >= 4 is 47.3 Å². The number of likely N-dealkylation sites (tertiary alicyclic amines) is 1. The van der Waals surface area contributed by atoms with Crippen LogP contribution in [0.5, 0.6) is 0 Å². The van der Waals surface area contributed by atoms with Crippen LogP contribution in [-0.2, 0) is 15.8 Å². The Bertz CT molecular complexity index is 972. The third-order valence-electron chi connectivity index (χ3n) is 6.43. The van der Waals surface area contributed by atoms with Crippen LogP contribution in [-0.4, -0.2) is 63.4 Å². The van der Waals surface area contributed by atoms with E-state index in [-0.39, 0.29) is 29.9 Å². The Morgan fingerprint density at radius 2 is 2.03 bits per heavy atom. The van der Waals surface area contributed by atoms with E-state index in [9.17, 15) is 14.7 Å². The number of imidazole rings is 1. The summed E-state index contributed by atoms with van der Waals surface area (Å²) in [4.78, 5) is 35.1. The molecule has 0 bridgehead atoms. The Kier molecular flexibility index (Phi) is 6.92. The smallest absolute Gasteiger partial charge is 0.407 e. The molecule has 2 aromatic heterocycles. The molecule has 1 fully saturated rings. The molecule has 1 aliphatic heterocycles. The highest BCUT2D eigenvalue weighted by Gasteiger charge is 2.44. The van der Waals surface area contributed by atoms with Crippen molar-refractivity contribution in [2.75, 3.05) is 6.54 Å². The van der Waals surface area contributed by atoms with Crippen molar-refractivity contribution in [3.05, 3.63) is 23.1 Å². The number of aromatic nitrogens is 3. The van der Waals surface area contributed by atoms with Gasteiger partial charge in [0.25, 0.3) is 0 Å². The molecule has 0 unspecified atom stereocenters. The summed E-state index contributed by atoms with van der Waals surface area (Å²) in [6.45, 7) is 11.3. The molecule has 0 saturated carbocycles. The Hall–Kier alpha value is -1.78. The summed E-state index contributed by atoms with van der Waals surface area (Å²) in [5.74, 6) is -0.0666. The number of halogens is 1. The van der Waals surface area contributed by atoms with Gasteiger partial charge < -0.3 is 19.0 Å². The molecular formula is C21H31BrN4O4Si. The van der Waals surface area contributed by atoms with Crippen molar-refractivity contribution in [1.82, 2.24) is 19.4 Å². The fourth-order valence-corrected chi connectivity index (χ4v) is 5.40. The highest BCUT2D eigenvalue weighted by molar-refractivity contribution is 9.10. The maximum Gasteiger partial charge on any atom is 0.407 e. The van der Waals surface area contributed by atoms with Gasteiger partial charge in [-0.25, -0.2) is 14.8 Å². The molecule has 1 amide bonds. The number of carbonyl (C=O) groups is 2. The first-order chi connectivity index (χ1) is 14.4. The number of fused-ring (bicyclic) bond motifs is 1.